The minimum absolute atomic E-state index is 0.0704. The van der Waals surface area contributed by atoms with Crippen molar-refractivity contribution >= 4 is 17.4 Å². The molecule has 0 aromatic carbocycles. The molecule has 1 amide bonds. The normalized spacial score (nSPS) is 16.4. The van der Waals surface area contributed by atoms with Crippen LogP contribution in [0, 0.1) is 0 Å². The lowest BCUT2D eigenvalue weighted by atomic mass is 10.0. The number of fused-ring (bicyclic) bond motifs is 1. The Kier molecular flexibility index (Phi) is 3.95. The zero-order valence-corrected chi connectivity index (χ0v) is 14.4. The highest BCUT2D eigenvalue weighted by atomic mass is 16.5. The lowest BCUT2D eigenvalue weighted by Crippen LogP contribution is -2.25. The first-order chi connectivity index (χ1) is 12.1. The highest BCUT2D eigenvalue weighted by molar-refractivity contribution is 6.15. The second-order valence-corrected chi connectivity index (χ2v) is 6.56. The van der Waals surface area contributed by atoms with Gasteiger partial charge in [0.25, 0.3) is 0 Å². The van der Waals surface area contributed by atoms with Gasteiger partial charge in [-0.15, -0.1) is 0 Å². The third kappa shape index (κ3) is 2.99. The molecule has 128 valence electrons. The molecular weight excluding hydrogens is 316 g/mol. The molecule has 4 rings (SSSR count). The van der Waals surface area contributed by atoms with Gasteiger partial charge in [0.05, 0.1) is 18.4 Å². The van der Waals surface area contributed by atoms with E-state index in [1.54, 1.807) is 11.1 Å². The lowest BCUT2D eigenvalue weighted by molar-refractivity contribution is -0.117. The maximum atomic E-state index is 12.0. The van der Waals surface area contributed by atoms with Gasteiger partial charge in [0.15, 0.2) is 0 Å². The molecule has 4 heterocycles. The first-order valence-corrected chi connectivity index (χ1v) is 8.59. The van der Waals surface area contributed by atoms with Crippen LogP contribution >= 0.6 is 0 Å². The summed E-state index contributed by atoms with van der Waals surface area (Å²) in [6.45, 7) is 5.30. The quantitative estimate of drug-likeness (QED) is 0.861. The van der Waals surface area contributed by atoms with E-state index in [1.807, 2.05) is 38.2 Å². The molecule has 2 aromatic rings. The summed E-state index contributed by atoms with van der Waals surface area (Å²) in [5.41, 5.74) is 3.99. The van der Waals surface area contributed by atoms with Crippen LogP contribution in [0.3, 0.4) is 0 Å². The Morgan fingerprint density at radius 2 is 2.12 bits per heavy atom. The van der Waals surface area contributed by atoms with Gasteiger partial charge in [0, 0.05) is 48.1 Å². The molecule has 1 fully saturated rings. The molecule has 25 heavy (non-hydrogen) atoms. The van der Waals surface area contributed by atoms with Crippen LogP contribution in [0.25, 0.3) is 0 Å². The Morgan fingerprint density at radius 3 is 2.88 bits per heavy atom. The highest BCUT2D eigenvalue weighted by Gasteiger charge is 2.25. The molecule has 2 aliphatic heterocycles. The fourth-order valence-corrected chi connectivity index (χ4v) is 3.22. The van der Waals surface area contributed by atoms with Crippen molar-refractivity contribution in [1.29, 1.82) is 0 Å². The number of carbonyl (C=O) groups excluding carboxylic acids is 1. The number of aliphatic imine (C=N–C) groups is 1. The van der Waals surface area contributed by atoms with E-state index in [0.717, 1.165) is 35.4 Å². The van der Waals surface area contributed by atoms with Crippen LogP contribution in [0.5, 0.6) is 5.88 Å². The number of aromatic nitrogens is 2. The van der Waals surface area contributed by atoms with E-state index in [2.05, 4.69) is 15.0 Å². The minimum atomic E-state index is 0.0704. The Balaban J connectivity index is 1.67. The second-order valence-electron chi connectivity index (χ2n) is 6.56. The summed E-state index contributed by atoms with van der Waals surface area (Å²) in [6.07, 6.45) is 5.12. The Bertz CT molecular complexity index is 860. The maximum Gasteiger partial charge on any atom is 0.228 e. The highest BCUT2D eigenvalue weighted by Crippen LogP contribution is 2.27. The van der Waals surface area contributed by atoms with Crippen LogP contribution < -0.4 is 9.64 Å². The van der Waals surface area contributed by atoms with Gasteiger partial charge in [-0.05, 0) is 32.4 Å². The van der Waals surface area contributed by atoms with Gasteiger partial charge < -0.3 is 4.74 Å². The summed E-state index contributed by atoms with van der Waals surface area (Å²) in [7, 11) is 0. The largest absolute Gasteiger partial charge is 0.475 e. The smallest absolute Gasteiger partial charge is 0.228 e. The van der Waals surface area contributed by atoms with Gasteiger partial charge in [0.2, 0.25) is 11.8 Å². The first-order valence-electron chi connectivity index (χ1n) is 8.59. The number of anilines is 1. The van der Waals surface area contributed by atoms with Gasteiger partial charge in [-0.2, -0.15) is 0 Å². The van der Waals surface area contributed by atoms with Crippen molar-refractivity contribution in [2.75, 3.05) is 11.4 Å². The molecule has 0 N–H and O–H groups in total. The Hall–Kier alpha value is -2.76. The number of amides is 1. The Morgan fingerprint density at radius 1 is 1.24 bits per heavy atom. The zero-order valence-electron chi connectivity index (χ0n) is 14.4. The minimum Gasteiger partial charge on any atom is -0.475 e. The number of ether oxygens (including phenoxy) is 1. The molecule has 0 bridgehead atoms. The monoisotopic (exact) mass is 336 g/mol. The average molecular weight is 336 g/mol. The summed E-state index contributed by atoms with van der Waals surface area (Å²) in [4.78, 5) is 27.1. The van der Waals surface area contributed by atoms with Gasteiger partial charge in [0.1, 0.15) is 5.82 Å². The van der Waals surface area contributed by atoms with Crippen molar-refractivity contribution < 1.29 is 9.53 Å². The van der Waals surface area contributed by atoms with Gasteiger partial charge in [-0.25, -0.2) is 9.97 Å². The molecule has 0 saturated carbocycles. The molecule has 0 aliphatic carbocycles. The third-order valence-corrected chi connectivity index (χ3v) is 4.35. The molecule has 0 spiro atoms. The molecule has 6 nitrogen and oxygen atoms in total. The standard InChI is InChI=1S/C19H20N4O2/c1-12(2)25-17-9-15-14(10-21-17)11-22-19(15)13-5-6-20-16(8-13)23-7-3-4-18(23)24/h5-6,8-10,12H,3-4,7,11H2,1-2H3. The van der Waals surface area contributed by atoms with E-state index in [0.29, 0.717) is 24.7 Å². The third-order valence-electron chi connectivity index (χ3n) is 4.35. The van der Waals surface area contributed by atoms with E-state index in [1.165, 1.54) is 0 Å². The fraction of sp³-hybridized carbons (Fsp3) is 0.368. The van der Waals surface area contributed by atoms with Crippen molar-refractivity contribution in [2.24, 2.45) is 4.99 Å². The number of hydrogen-bond donors (Lipinski definition) is 0. The van der Waals surface area contributed by atoms with Crippen LogP contribution in [0.4, 0.5) is 5.82 Å². The van der Waals surface area contributed by atoms with Gasteiger partial charge in [-0.3, -0.25) is 14.7 Å². The summed E-state index contributed by atoms with van der Waals surface area (Å²) in [5, 5.41) is 0. The van der Waals surface area contributed by atoms with Gasteiger partial charge >= 0.3 is 0 Å². The number of nitrogens with zero attached hydrogens (tertiary/aromatic N) is 4. The van der Waals surface area contributed by atoms with Crippen molar-refractivity contribution in [3.63, 3.8) is 0 Å². The SMILES string of the molecule is CC(C)Oc1cc2c(cn1)CN=C2c1ccnc(N2CCCC2=O)c1. The van der Waals surface area contributed by atoms with Crippen LogP contribution in [-0.4, -0.2) is 34.2 Å². The zero-order chi connectivity index (χ0) is 17.4. The predicted octanol–water partition coefficient (Wildman–Crippen LogP) is 2.74. The topological polar surface area (TPSA) is 67.7 Å². The maximum absolute atomic E-state index is 12.0. The van der Waals surface area contributed by atoms with Crippen molar-refractivity contribution in [1.82, 2.24) is 9.97 Å². The van der Waals surface area contributed by atoms with Crippen LogP contribution in [0.2, 0.25) is 0 Å². The summed E-state index contributed by atoms with van der Waals surface area (Å²) >= 11 is 0. The Labute approximate surface area is 146 Å². The molecule has 1 saturated heterocycles. The van der Waals surface area contributed by atoms with Crippen molar-refractivity contribution in [3.8, 4) is 5.88 Å². The van der Waals surface area contributed by atoms with Crippen molar-refractivity contribution in [2.45, 2.75) is 39.3 Å². The summed E-state index contributed by atoms with van der Waals surface area (Å²) < 4.78 is 5.71. The van der Waals surface area contributed by atoms with Gasteiger partial charge in [-0.1, -0.05) is 0 Å². The summed E-state index contributed by atoms with van der Waals surface area (Å²) in [6, 6.07) is 5.82. The van der Waals surface area contributed by atoms with Crippen molar-refractivity contribution in [3.05, 3.63) is 47.3 Å². The molecule has 0 radical (unpaired) electrons. The van der Waals surface area contributed by atoms with E-state index in [-0.39, 0.29) is 12.0 Å². The first kappa shape index (κ1) is 15.7. The van der Waals surface area contributed by atoms with E-state index < -0.39 is 0 Å². The number of rotatable bonds is 4. The molecular formula is C19H20N4O2. The van der Waals surface area contributed by atoms with Crippen LogP contribution in [-0.2, 0) is 11.3 Å². The molecule has 2 aliphatic rings. The number of hydrogen-bond acceptors (Lipinski definition) is 5. The lowest BCUT2D eigenvalue weighted by Gasteiger charge is -2.15. The molecule has 6 heteroatoms. The molecule has 2 aromatic heterocycles. The molecule has 0 atom stereocenters. The number of carbonyl (C=O) groups is 1. The van der Waals surface area contributed by atoms with E-state index in [4.69, 9.17) is 4.74 Å². The van der Waals surface area contributed by atoms with E-state index >= 15 is 0 Å². The molecule has 0 unspecified atom stereocenters. The second kappa shape index (κ2) is 6.27. The fourth-order valence-electron chi connectivity index (χ4n) is 3.22. The number of pyridine rings is 2. The van der Waals surface area contributed by atoms with E-state index in [9.17, 15) is 4.79 Å². The van der Waals surface area contributed by atoms with Crippen LogP contribution in [0.1, 0.15) is 43.4 Å². The summed E-state index contributed by atoms with van der Waals surface area (Å²) in [5.74, 6) is 1.44. The predicted molar refractivity (Wildman–Crippen MR) is 95.2 cm³/mol. The average Bonchev–Trinajstić information content (AvgIpc) is 3.20. The van der Waals surface area contributed by atoms with Crippen LogP contribution in [0.15, 0.2) is 35.6 Å².